The van der Waals surface area contributed by atoms with E-state index in [-0.39, 0.29) is 6.42 Å². The minimum absolute atomic E-state index is 0.213. The molecular formula is C12H13NO2S2. The summed E-state index contributed by atoms with van der Waals surface area (Å²) >= 11 is 3.33. The van der Waals surface area contributed by atoms with Crippen LogP contribution in [0.25, 0.3) is 9.88 Å². The van der Waals surface area contributed by atoms with Crippen molar-refractivity contribution in [3.8, 4) is 9.88 Å². The normalized spacial score (nSPS) is 10.6. The lowest BCUT2D eigenvalue weighted by Gasteiger charge is -1.94. The molecule has 0 aromatic carbocycles. The van der Waals surface area contributed by atoms with Crippen molar-refractivity contribution in [1.29, 1.82) is 0 Å². The van der Waals surface area contributed by atoms with Crippen molar-refractivity contribution in [3.05, 3.63) is 28.1 Å². The maximum Gasteiger partial charge on any atom is 0.303 e. The van der Waals surface area contributed by atoms with Crippen LogP contribution in [0.3, 0.4) is 0 Å². The summed E-state index contributed by atoms with van der Waals surface area (Å²) in [5.74, 6) is -0.741. The molecule has 0 unspecified atom stereocenters. The number of aromatic nitrogens is 1. The fourth-order valence-corrected chi connectivity index (χ4v) is 3.49. The van der Waals surface area contributed by atoms with E-state index < -0.39 is 5.97 Å². The van der Waals surface area contributed by atoms with Gasteiger partial charge in [-0.3, -0.25) is 4.79 Å². The van der Waals surface area contributed by atoms with Gasteiger partial charge in [-0.25, -0.2) is 4.98 Å². The first kappa shape index (κ1) is 12.3. The Labute approximate surface area is 108 Å². The molecule has 2 aromatic heterocycles. The second-order valence-corrected chi connectivity index (χ2v) is 5.60. The molecule has 2 rings (SSSR count). The van der Waals surface area contributed by atoms with Gasteiger partial charge in [-0.05, 0) is 36.8 Å². The van der Waals surface area contributed by atoms with E-state index >= 15 is 0 Å². The van der Waals surface area contributed by atoms with Crippen molar-refractivity contribution in [2.24, 2.45) is 0 Å². The number of aliphatic carboxylic acids is 1. The van der Waals surface area contributed by atoms with Gasteiger partial charge in [0.1, 0.15) is 5.01 Å². The van der Waals surface area contributed by atoms with Crippen LogP contribution < -0.4 is 0 Å². The van der Waals surface area contributed by atoms with Crippen molar-refractivity contribution in [3.63, 3.8) is 0 Å². The number of nitrogens with zero attached hydrogens (tertiary/aromatic N) is 1. The van der Waals surface area contributed by atoms with Gasteiger partial charge in [0, 0.05) is 11.8 Å². The summed E-state index contributed by atoms with van der Waals surface area (Å²) in [6, 6.07) is 2.09. The van der Waals surface area contributed by atoms with Crippen LogP contribution >= 0.6 is 22.7 Å². The first-order valence-corrected chi connectivity index (χ1v) is 7.13. The second kappa shape index (κ2) is 5.42. The molecule has 0 radical (unpaired) electrons. The topological polar surface area (TPSA) is 50.2 Å². The van der Waals surface area contributed by atoms with Crippen LogP contribution in [0.15, 0.2) is 16.8 Å². The first-order valence-electron chi connectivity index (χ1n) is 5.37. The van der Waals surface area contributed by atoms with Gasteiger partial charge in [-0.1, -0.05) is 0 Å². The molecule has 0 bridgehead atoms. The molecule has 3 nitrogen and oxygen atoms in total. The zero-order valence-corrected chi connectivity index (χ0v) is 11.1. The molecule has 17 heavy (non-hydrogen) atoms. The van der Waals surface area contributed by atoms with Crippen LogP contribution in [0.4, 0.5) is 0 Å². The molecule has 0 fully saturated rings. The highest BCUT2D eigenvalue weighted by molar-refractivity contribution is 7.20. The van der Waals surface area contributed by atoms with Crippen LogP contribution in [0, 0.1) is 6.92 Å². The Morgan fingerprint density at radius 3 is 2.94 bits per heavy atom. The third kappa shape index (κ3) is 3.14. The van der Waals surface area contributed by atoms with Crippen LogP contribution in [0.5, 0.6) is 0 Å². The van der Waals surface area contributed by atoms with E-state index in [0.29, 0.717) is 6.42 Å². The molecule has 0 aliphatic heterocycles. The van der Waals surface area contributed by atoms with Crippen LogP contribution in [0.1, 0.15) is 24.1 Å². The van der Waals surface area contributed by atoms with E-state index in [2.05, 4.69) is 23.4 Å². The van der Waals surface area contributed by atoms with Gasteiger partial charge in [-0.15, -0.1) is 22.7 Å². The van der Waals surface area contributed by atoms with Crippen molar-refractivity contribution in [1.82, 2.24) is 4.98 Å². The summed E-state index contributed by atoms with van der Waals surface area (Å²) in [4.78, 5) is 16.2. The van der Waals surface area contributed by atoms with Gasteiger partial charge in [0.25, 0.3) is 0 Å². The molecule has 1 N–H and O–H groups in total. The number of carboxylic acid groups (broad SMARTS) is 1. The number of thiophene rings is 1. The maximum atomic E-state index is 10.4. The standard InChI is InChI=1S/C12H13NO2S2/c1-8-5-6-16-11(8)12-13-9(7-17-12)3-2-4-10(14)15/h5-7H,2-4H2,1H3,(H,14,15). The lowest BCUT2D eigenvalue weighted by atomic mass is 10.2. The molecule has 0 saturated heterocycles. The average Bonchev–Trinajstić information content (AvgIpc) is 2.86. The van der Waals surface area contributed by atoms with Gasteiger partial charge in [0.15, 0.2) is 0 Å². The predicted molar refractivity (Wildman–Crippen MR) is 70.7 cm³/mol. The zero-order valence-electron chi connectivity index (χ0n) is 9.47. The van der Waals surface area contributed by atoms with E-state index in [0.717, 1.165) is 17.1 Å². The highest BCUT2D eigenvalue weighted by Crippen LogP contribution is 2.31. The van der Waals surface area contributed by atoms with Crippen molar-refractivity contribution in [2.45, 2.75) is 26.2 Å². The fourth-order valence-electron chi connectivity index (χ4n) is 1.54. The zero-order chi connectivity index (χ0) is 12.3. The number of rotatable bonds is 5. The molecular weight excluding hydrogens is 254 g/mol. The van der Waals surface area contributed by atoms with E-state index in [1.165, 1.54) is 10.4 Å². The highest BCUT2D eigenvalue weighted by Gasteiger charge is 2.08. The summed E-state index contributed by atoms with van der Waals surface area (Å²) < 4.78 is 0. The lowest BCUT2D eigenvalue weighted by molar-refractivity contribution is -0.137. The van der Waals surface area contributed by atoms with Crippen molar-refractivity contribution < 1.29 is 9.90 Å². The molecule has 5 heteroatoms. The molecule has 90 valence electrons. The van der Waals surface area contributed by atoms with Crippen LogP contribution in [-0.4, -0.2) is 16.1 Å². The minimum Gasteiger partial charge on any atom is -0.481 e. The summed E-state index contributed by atoms with van der Waals surface area (Å²) in [6.07, 6.45) is 1.61. The molecule has 0 aliphatic carbocycles. The Hall–Kier alpha value is -1.20. The number of thiazole rings is 1. The van der Waals surface area contributed by atoms with E-state index in [9.17, 15) is 4.79 Å². The first-order chi connectivity index (χ1) is 8.16. The molecule has 0 saturated carbocycles. The average molecular weight is 267 g/mol. The Morgan fingerprint density at radius 1 is 1.47 bits per heavy atom. The predicted octanol–water partition coefficient (Wildman–Crippen LogP) is 3.59. The number of carboxylic acids is 1. The Morgan fingerprint density at radius 2 is 2.29 bits per heavy atom. The number of aryl methyl sites for hydroxylation is 2. The molecule has 2 aromatic rings. The van der Waals surface area contributed by atoms with Gasteiger partial charge >= 0.3 is 5.97 Å². The molecule has 0 spiro atoms. The lowest BCUT2D eigenvalue weighted by Crippen LogP contribution is -1.95. The fraction of sp³-hybridized carbons (Fsp3) is 0.333. The Bertz CT molecular complexity index is 516. The summed E-state index contributed by atoms with van der Waals surface area (Å²) in [5, 5.41) is 13.7. The second-order valence-electron chi connectivity index (χ2n) is 3.82. The smallest absolute Gasteiger partial charge is 0.303 e. The molecule has 2 heterocycles. The van der Waals surface area contributed by atoms with Crippen LogP contribution in [-0.2, 0) is 11.2 Å². The quantitative estimate of drug-likeness (QED) is 0.900. The summed E-state index contributed by atoms with van der Waals surface area (Å²) in [7, 11) is 0. The Balaban J connectivity index is 2.01. The highest BCUT2D eigenvalue weighted by atomic mass is 32.1. The van der Waals surface area contributed by atoms with E-state index in [1.54, 1.807) is 22.7 Å². The monoisotopic (exact) mass is 267 g/mol. The van der Waals surface area contributed by atoms with Gasteiger partial charge in [0.05, 0.1) is 10.6 Å². The third-order valence-electron chi connectivity index (χ3n) is 2.43. The Kier molecular flexibility index (Phi) is 3.91. The van der Waals surface area contributed by atoms with Gasteiger partial charge in [-0.2, -0.15) is 0 Å². The molecule has 0 atom stereocenters. The van der Waals surface area contributed by atoms with Crippen molar-refractivity contribution >= 4 is 28.6 Å². The minimum atomic E-state index is -0.741. The van der Waals surface area contributed by atoms with E-state index in [1.807, 2.05) is 5.38 Å². The number of hydrogen-bond acceptors (Lipinski definition) is 4. The summed E-state index contributed by atoms with van der Waals surface area (Å²) in [6.45, 7) is 2.08. The van der Waals surface area contributed by atoms with Gasteiger partial charge < -0.3 is 5.11 Å². The van der Waals surface area contributed by atoms with Crippen molar-refractivity contribution in [2.75, 3.05) is 0 Å². The molecule has 0 aliphatic rings. The summed E-state index contributed by atoms with van der Waals surface area (Å²) in [5.41, 5.74) is 2.25. The van der Waals surface area contributed by atoms with Crippen LogP contribution in [0.2, 0.25) is 0 Å². The maximum absolute atomic E-state index is 10.4. The van der Waals surface area contributed by atoms with E-state index in [4.69, 9.17) is 5.11 Å². The van der Waals surface area contributed by atoms with Gasteiger partial charge in [0.2, 0.25) is 0 Å². The SMILES string of the molecule is Cc1ccsc1-c1nc(CCCC(=O)O)cs1. The third-order valence-corrected chi connectivity index (χ3v) is 4.49. The molecule has 0 amide bonds. The number of carbonyl (C=O) groups is 1. The number of hydrogen-bond donors (Lipinski definition) is 1. The largest absolute Gasteiger partial charge is 0.481 e.